The maximum atomic E-state index is 14.4. The van der Waals surface area contributed by atoms with E-state index in [1.165, 1.54) is 17.8 Å². The molecule has 8 heteroatoms. The predicted octanol–water partition coefficient (Wildman–Crippen LogP) is 2.42. The largest absolute Gasteiger partial charge is 0.381 e. The number of nitro groups is 1. The van der Waals surface area contributed by atoms with Crippen molar-refractivity contribution in [1.29, 1.82) is 0 Å². The van der Waals surface area contributed by atoms with Crippen LogP contribution in [-0.2, 0) is 10.3 Å². The monoisotopic (exact) mass is 325 g/mol. The fraction of sp³-hybridized carbons (Fsp3) is 0.500. The summed E-state index contributed by atoms with van der Waals surface area (Å²) in [5.41, 5.74) is 5.10. The normalized spacial score (nSPS) is 30.7. The Kier molecular flexibility index (Phi) is 3.82. The number of halogens is 1. The highest BCUT2D eigenvalue weighted by Gasteiger charge is 2.53. The first-order valence-corrected chi connectivity index (χ1v) is 7.92. The Morgan fingerprint density at radius 3 is 3.05 bits per heavy atom. The zero-order chi connectivity index (χ0) is 15.9. The molecule has 3 unspecified atom stereocenters. The molecule has 1 aromatic carbocycles. The molecule has 3 atom stereocenters. The molecule has 1 fully saturated rings. The molecule has 22 heavy (non-hydrogen) atoms. The number of nitrogens with zero attached hydrogens (tertiary/aromatic N) is 2. The standard InChI is InChI=1S/C14H16FN3O3S/c1-21-12-4-5-14(10(12)7-22-13(16)17-14)9-6-8(18(19)20)2-3-11(9)15/h2-3,6,10,12H,4-5,7H2,1H3,(H2,16,17). The lowest BCUT2D eigenvalue weighted by molar-refractivity contribution is -0.385. The lowest BCUT2D eigenvalue weighted by Gasteiger charge is -2.37. The van der Waals surface area contributed by atoms with Crippen LogP contribution >= 0.6 is 11.8 Å². The molecule has 1 aliphatic carbocycles. The van der Waals surface area contributed by atoms with E-state index in [0.717, 1.165) is 18.6 Å². The number of ether oxygens (including phenoxy) is 1. The van der Waals surface area contributed by atoms with Crippen LogP contribution in [0.2, 0.25) is 0 Å². The maximum Gasteiger partial charge on any atom is 0.270 e. The molecule has 1 heterocycles. The predicted molar refractivity (Wildman–Crippen MR) is 82.3 cm³/mol. The minimum absolute atomic E-state index is 0.0497. The van der Waals surface area contributed by atoms with E-state index in [0.29, 0.717) is 17.3 Å². The van der Waals surface area contributed by atoms with Crippen molar-refractivity contribution in [2.45, 2.75) is 24.5 Å². The van der Waals surface area contributed by atoms with Crippen LogP contribution < -0.4 is 5.73 Å². The fourth-order valence-electron chi connectivity index (χ4n) is 3.48. The number of hydrogen-bond donors (Lipinski definition) is 1. The minimum Gasteiger partial charge on any atom is -0.381 e. The van der Waals surface area contributed by atoms with Crippen molar-refractivity contribution in [2.24, 2.45) is 16.6 Å². The smallest absolute Gasteiger partial charge is 0.270 e. The summed E-state index contributed by atoms with van der Waals surface area (Å²) in [5, 5.41) is 11.4. The third-order valence-electron chi connectivity index (χ3n) is 4.52. The number of non-ortho nitro benzene ring substituents is 1. The molecule has 3 rings (SSSR count). The maximum absolute atomic E-state index is 14.4. The van der Waals surface area contributed by atoms with Gasteiger partial charge in [-0.05, 0) is 18.9 Å². The highest BCUT2D eigenvalue weighted by atomic mass is 32.2. The lowest BCUT2D eigenvalue weighted by atomic mass is 9.80. The van der Waals surface area contributed by atoms with Crippen molar-refractivity contribution in [3.05, 3.63) is 39.7 Å². The van der Waals surface area contributed by atoms with Crippen LogP contribution in [0.3, 0.4) is 0 Å². The average Bonchev–Trinajstić information content (AvgIpc) is 2.85. The summed E-state index contributed by atoms with van der Waals surface area (Å²) in [6.45, 7) is 0. The Morgan fingerprint density at radius 2 is 2.36 bits per heavy atom. The van der Waals surface area contributed by atoms with Crippen LogP contribution in [0, 0.1) is 21.8 Å². The van der Waals surface area contributed by atoms with Crippen LogP contribution in [0.4, 0.5) is 10.1 Å². The zero-order valence-electron chi connectivity index (χ0n) is 12.0. The van der Waals surface area contributed by atoms with Crippen LogP contribution in [0.5, 0.6) is 0 Å². The van der Waals surface area contributed by atoms with Gasteiger partial charge in [0.05, 0.1) is 16.6 Å². The van der Waals surface area contributed by atoms with E-state index in [-0.39, 0.29) is 23.3 Å². The summed E-state index contributed by atoms with van der Waals surface area (Å²) >= 11 is 1.41. The number of nitro benzene ring substituents is 1. The molecule has 0 spiro atoms. The molecule has 1 aliphatic heterocycles. The van der Waals surface area contributed by atoms with Gasteiger partial charge in [0.2, 0.25) is 0 Å². The van der Waals surface area contributed by atoms with Crippen molar-refractivity contribution < 1.29 is 14.1 Å². The van der Waals surface area contributed by atoms with Crippen molar-refractivity contribution in [3.8, 4) is 0 Å². The third kappa shape index (κ3) is 2.26. The summed E-state index contributed by atoms with van der Waals surface area (Å²) in [4.78, 5) is 15.0. The molecule has 1 saturated carbocycles. The summed E-state index contributed by atoms with van der Waals surface area (Å²) in [6, 6.07) is 3.58. The van der Waals surface area contributed by atoms with Crippen molar-refractivity contribution >= 4 is 22.6 Å². The minimum atomic E-state index is -0.869. The van der Waals surface area contributed by atoms with E-state index in [1.807, 2.05) is 0 Å². The van der Waals surface area contributed by atoms with Crippen molar-refractivity contribution in [2.75, 3.05) is 12.9 Å². The fourth-order valence-corrected chi connectivity index (χ4v) is 4.55. The quantitative estimate of drug-likeness (QED) is 0.681. The topological polar surface area (TPSA) is 90.8 Å². The number of hydrogen-bond acceptors (Lipinski definition) is 6. The van der Waals surface area contributed by atoms with Gasteiger partial charge in [0.1, 0.15) is 5.82 Å². The molecular weight excluding hydrogens is 309 g/mol. The van der Waals surface area contributed by atoms with Crippen molar-refractivity contribution in [1.82, 2.24) is 0 Å². The van der Waals surface area contributed by atoms with Gasteiger partial charge in [-0.15, -0.1) is 0 Å². The van der Waals surface area contributed by atoms with Gasteiger partial charge in [0.15, 0.2) is 5.17 Å². The average molecular weight is 325 g/mol. The number of fused-ring (bicyclic) bond motifs is 1. The van der Waals surface area contributed by atoms with Crippen LogP contribution in [0.1, 0.15) is 18.4 Å². The van der Waals surface area contributed by atoms with Gasteiger partial charge in [0, 0.05) is 36.5 Å². The number of benzene rings is 1. The molecule has 0 saturated heterocycles. The van der Waals surface area contributed by atoms with Gasteiger partial charge in [-0.2, -0.15) is 0 Å². The Labute approximate surface area is 131 Å². The first-order valence-electron chi connectivity index (χ1n) is 6.93. The number of nitrogens with two attached hydrogens (primary N) is 1. The number of thioether (sulfide) groups is 1. The van der Waals surface area contributed by atoms with Crippen LogP contribution in [0.25, 0.3) is 0 Å². The first kappa shape index (κ1) is 15.2. The number of amidine groups is 1. The second kappa shape index (κ2) is 5.51. The Morgan fingerprint density at radius 1 is 1.59 bits per heavy atom. The number of methoxy groups -OCH3 is 1. The second-order valence-corrected chi connectivity index (χ2v) is 6.57. The van der Waals surface area contributed by atoms with Gasteiger partial charge >= 0.3 is 0 Å². The third-order valence-corrected chi connectivity index (χ3v) is 5.44. The molecule has 0 aromatic heterocycles. The van der Waals surface area contributed by atoms with Crippen LogP contribution in [-0.4, -0.2) is 29.1 Å². The van der Waals surface area contributed by atoms with Crippen molar-refractivity contribution in [3.63, 3.8) is 0 Å². The van der Waals surface area contributed by atoms with Crippen LogP contribution in [0.15, 0.2) is 23.2 Å². The van der Waals surface area contributed by atoms with E-state index >= 15 is 0 Å². The van der Waals surface area contributed by atoms with Gasteiger partial charge in [0.25, 0.3) is 5.69 Å². The van der Waals surface area contributed by atoms with E-state index in [4.69, 9.17) is 10.5 Å². The molecule has 1 aromatic rings. The van der Waals surface area contributed by atoms with E-state index in [1.54, 1.807) is 7.11 Å². The molecule has 0 amide bonds. The summed E-state index contributed by atoms with van der Waals surface area (Å²) in [6.07, 6.45) is 1.24. The summed E-state index contributed by atoms with van der Waals surface area (Å²) < 4.78 is 19.9. The summed E-state index contributed by atoms with van der Waals surface area (Å²) in [7, 11) is 1.62. The second-order valence-electron chi connectivity index (χ2n) is 5.53. The number of aliphatic imine (C=N–C) groups is 1. The Hall–Kier alpha value is -1.67. The highest BCUT2D eigenvalue weighted by molar-refractivity contribution is 8.13. The molecule has 118 valence electrons. The molecule has 0 radical (unpaired) electrons. The first-order chi connectivity index (χ1) is 10.5. The highest BCUT2D eigenvalue weighted by Crippen LogP contribution is 2.52. The zero-order valence-corrected chi connectivity index (χ0v) is 12.8. The number of rotatable bonds is 3. The SMILES string of the molecule is COC1CCC2(c3cc([N+](=O)[O-])ccc3F)N=C(N)SCC12. The Bertz CT molecular complexity index is 654. The molecule has 6 nitrogen and oxygen atoms in total. The van der Waals surface area contributed by atoms with Gasteiger partial charge < -0.3 is 10.5 Å². The molecule has 2 N–H and O–H groups in total. The van der Waals surface area contributed by atoms with Gasteiger partial charge in [-0.1, -0.05) is 11.8 Å². The van der Waals surface area contributed by atoms with E-state index < -0.39 is 16.3 Å². The molecular formula is C14H16FN3O3S. The molecule has 2 aliphatic rings. The lowest BCUT2D eigenvalue weighted by Crippen LogP contribution is -2.41. The summed E-state index contributed by atoms with van der Waals surface area (Å²) in [5.74, 6) is 0.123. The molecule has 0 bridgehead atoms. The van der Waals surface area contributed by atoms with Gasteiger partial charge in [-0.3, -0.25) is 15.1 Å². The van der Waals surface area contributed by atoms with E-state index in [9.17, 15) is 14.5 Å². The van der Waals surface area contributed by atoms with E-state index in [2.05, 4.69) is 4.99 Å². The Balaban J connectivity index is 2.16. The van der Waals surface area contributed by atoms with Gasteiger partial charge in [-0.25, -0.2) is 4.39 Å².